The van der Waals surface area contributed by atoms with Gasteiger partial charge in [0.25, 0.3) is 0 Å². The Morgan fingerprint density at radius 1 is 0.409 bits per heavy atom. The summed E-state index contributed by atoms with van der Waals surface area (Å²) in [5.41, 5.74) is 12.4. The van der Waals surface area contributed by atoms with Gasteiger partial charge in [0, 0.05) is 67.9 Å². The van der Waals surface area contributed by atoms with Gasteiger partial charge in [0.15, 0.2) is 0 Å². The maximum absolute atomic E-state index is 2.32. The van der Waals surface area contributed by atoms with Gasteiger partial charge in [-0.25, -0.2) is 0 Å². The molecule has 0 amide bonds. The molecule has 0 aromatic heterocycles. The summed E-state index contributed by atoms with van der Waals surface area (Å²) in [7, 11) is 8.52. The number of hydrogen-bond acceptors (Lipinski definition) is 3. The standard InChI is InChI=1S/C41H41N3/c1-29-13-7-11-17-38(29)43(5)33-23-19-31(20-24-33)41(37-27-28-40(42(3)4)36-16-10-9-15-35(36)37)32-21-25-34(26-22-32)44(6)39-18-12-8-14-30(39)2/h7-28,41H,1-6H3. The fraction of sp³-hybridized carbons (Fsp3) is 0.171. The summed E-state index contributed by atoms with van der Waals surface area (Å²) in [5, 5.41) is 2.55. The summed E-state index contributed by atoms with van der Waals surface area (Å²) in [6.45, 7) is 4.33. The lowest BCUT2D eigenvalue weighted by Crippen LogP contribution is -2.13. The molecule has 44 heavy (non-hydrogen) atoms. The van der Waals surface area contributed by atoms with Crippen LogP contribution in [0, 0.1) is 13.8 Å². The van der Waals surface area contributed by atoms with Crippen molar-refractivity contribution in [3.63, 3.8) is 0 Å². The van der Waals surface area contributed by atoms with Crippen LogP contribution in [0.15, 0.2) is 133 Å². The van der Waals surface area contributed by atoms with Gasteiger partial charge in [0.2, 0.25) is 0 Å². The topological polar surface area (TPSA) is 9.72 Å². The second kappa shape index (κ2) is 12.3. The molecule has 3 heteroatoms. The fourth-order valence-electron chi connectivity index (χ4n) is 6.44. The summed E-state index contributed by atoms with van der Waals surface area (Å²) in [5.74, 6) is 0.0757. The number of aryl methyl sites for hydroxylation is 2. The zero-order valence-corrected chi connectivity index (χ0v) is 26.6. The second-order valence-corrected chi connectivity index (χ2v) is 11.9. The van der Waals surface area contributed by atoms with Crippen LogP contribution in [0.25, 0.3) is 10.8 Å². The normalized spacial score (nSPS) is 11.2. The minimum Gasteiger partial charge on any atom is -0.377 e. The molecule has 0 atom stereocenters. The van der Waals surface area contributed by atoms with Gasteiger partial charge >= 0.3 is 0 Å². The van der Waals surface area contributed by atoms with E-state index >= 15 is 0 Å². The van der Waals surface area contributed by atoms with Crippen LogP contribution in [-0.4, -0.2) is 28.2 Å². The second-order valence-electron chi connectivity index (χ2n) is 11.9. The first-order chi connectivity index (χ1) is 21.3. The third-order valence-electron chi connectivity index (χ3n) is 8.91. The van der Waals surface area contributed by atoms with Crippen LogP contribution in [-0.2, 0) is 0 Å². The predicted octanol–water partition coefficient (Wildman–Crippen LogP) is 10.2. The highest BCUT2D eigenvalue weighted by molar-refractivity contribution is 5.97. The average molecular weight is 576 g/mol. The first-order valence-corrected chi connectivity index (χ1v) is 15.3. The highest BCUT2D eigenvalue weighted by atomic mass is 15.1. The van der Waals surface area contributed by atoms with E-state index in [2.05, 4.69) is 190 Å². The highest BCUT2D eigenvalue weighted by Gasteiger charge is 2.21. The molecule has 6 aromatic rings. The van der Waals surface area contributed by atoms with Crippen LogP contribution in [0.5, 0.6) is 0 Å². The fourth-order valence-corrected chi connectivity index (χ4v) is 6.44. The van der Waals surface area contributed by atoms with Crippen LogP contribution in [0.2, 0.25) is 0 Å². The van der Waals surface area contributed by atoms with E-state index in [-0.39, 0.29) is 5.92 Å². The van der Waals surface area contributed by atoms with Gasteiger partial charge in [-0.3, -0.25) is 0 Å². The molecule has 0 aliphatic rings. The molecule has 0 bridgehead atoms. The van der Waals surface area contributed by atoms with Gasteiger partial charge in [-0.2, -0.15) is 0 Å². The summed E-state index contributed by atoms with van der Waals surface area (Å²) in [4.78, 5) is 6.74. The Balaban J connectivity index is 1.45. The van der Waals surface area contributed by atoms with Crippen molar-refractivity contribution in [2.75, 3.05) is 42.9 Å². The summed E-state index contributed by atoms with van der Waals surface area (Å²) in [6.07, 6.45) is 0. The van der Waals surface area contributed by atoms with Crippen molar-refractivity contribution in [1.82, 2.24) is 0 Å². The molecule has 0 radical (unpaired) electrons. The first-order valence-electron chi connectivity index (χ1n) is 15.3. The number of benzene rings is 6. The van der Waals surface area contributed by atoms with Gasteiger partial charge < -0.3 is 14.7 Å². The SMILES string of the molecule is Cc1ccccc1N(C)c1ccc(C(c2ccc(N(C)c3ccccc3C)cc2)c2ccc(N(C)C)c3ccccc23)cc1. The maximum atomic E-state index is 2.32. The first kappa shape index (κ1) is 29.1. The Hall–Kier alpha value is -5.02. The van der Waals surface area contributed by atoms with Gasteiger partial charge in [0.05, 0.1) is 0 Å². The van der Waals surface area contributed by atoms with Crippen LogP contribution < -0.4 is 14.7 Å². The van der Waals surface area contributed by atoms with Crippen molar-refractivity contribution >= 4 is 39.2 Å². The van der Waals surface area contributed by atoms with Crippen molar-refractivity contribution in [3.8, 4) is 0 Å². The summed E-state index contributed by atoms with van der Waals surface area (Å²) >= 11 is 0. The minimum absolute atomic E-state index is 0.0757. The lowest BCUT2D eigenvalue weighted by molar-refractivity contribution is 0.985. The molecule has 0 aliphatic carbocycles. The van der Waals surface area contributed by atoms with Crippen LogP contribution >= 0.6 is 0 Å². The third kappa shape index (κ3) is 5.54. The Labute approximate surface area is 262 Å². The van der Waals surface area contributed by atoms with Gasteiger partial charge in [-0.1, -0.05) is 91.0 Å². The van der Waals surface area contributed by atoms with Crippen molar-refractivity contribution in [1.29, 1.82) is 0 Å². The molecule has 0 heterocycles. The van der Waals surface area contributed by atoms with E-state index in [0.29, 0.717) is 0 Å². The maximum Gasteiger partial charge on any atom is 0.0440 e. The summed E-state index contributed by atoms with van der Waals surface area (Å²) < 4.78 is 0. The Kier molecular flexibility index (Phi) is 8.13. The molecule has 6 rings (SSSR count). The van der Waals surface area contributed by atoms with Gasteiger partial charge in [-0.05, 0) is 89.5 Å². The van der Waals surface area contributed by atoms with Crippen LogP contribution in [0.3, 0.4) is 0 Å². The predicted molar refractivity (Wildman–Crippen MR) is 191 cm³/mol. The Morgan fingerprint density at radius 3 is 1.30 bits per heavy atom. The molecule has 0 aliphatic heterocycles. The zero-order chi connectivity index (χ0) is 30.8. The number of para-hydroxylation sites is 2. The number of rotatable bonds is 8. The van der Waals surface area contributed by atoms with E-state index in [1.54, 1.807) is 0 Å². The van der Waals surface area contributed by atoms with E-state index in [0.717, 1.165) is 0 Å². The molecule has 6 aromatic carbocycles. The van der Waals surface area contributed by atoms with E-state index in [1.807, 2.05) is 0 Å². The third-order valence-corrected chi connectivity index (χ3v) is 8.91. The highest BCUT2D eigenvalue weighted by Crippen LogP contribution is 2.40. The van der Waals surface area contributed by atoms with Crippen molar-refractivity contribution in [3.05, 3.63) is 161 Å². The number of nitrogens with zero attached hydrogens (tertiary/aromatic N) is 3. The van der Waals surface area contributed by atoms with Crippen molar-refractivity contribution < 1.29 is 0 Å². The molecule has 0 saturated heterocycles. The minimum atomic E-state index is 0.0757. The number of anilines is 5. The Morgan fingerprint density at radius 2 is 0.841 bits per heavy atom. The average Bonchev–Trinajstić information content (AvgIpc) is 3.05. The molecule has 0 fully saturated rings. The van der Waals surface area contributed by atoms with Crippen LogP contribution in [0.1, 0.15) is 33.7 Å². The number of hydrogen-bond donors (Lipinski definition) is 0. The molecule has 220 valence electrons. The van der Waals surface area contributed by atoms with Crippen LogP contribution in [0.4, 0.5) is 28.4 Å². The van der Waals surface area contributed by atoms with E-state index in [4.69, 9.17) is 0 Å². The van der Waals surface area contributed by atoms with Crippen molar-refractivity contribution in [2.24, 2.45) is 0 Å². The molecule has 0 spiro atoms. The molecule has 0 unspecified atom stereocenters. The zero-order valence-electron chi connectivity index (χ0n) is 26.6. The molecular weight excluding hydrogens is 534 g/mol. The molecule has 3 nitrogen and oxygen atoms in total. The monoisotopic (exact) mass is 575 g/mol. The summed E-state index contributed by atoms with van der Waals surface area (Å²) in [6, 6.07) is 48.7. The van der Waals surface area contributed by atoms with Gasteiger partial charge in [0.1, 0.15) is 0 Å². The largest absolute Gasteiger partial charge is 0.377 e. The van der Waals surface area contributed by atoms with E-state index < -0.39 is 0 Å². The smallest absolute Gasteiger partial charge is 0.0440 e. The Bertz CT molecular complexity index is 1790. The van der Waals surface area contributed by atoms with Crippen molar-refractivity contribution in [2.45, 2.75) is 19.8 Å². The lowest BCUT2D eigenvalue weighted by Gasteiger charge is -2.26. The molecular formula is C41H41N3. The van der Waals surface area contributed by atoms with Gasteiger partial charge in [-0.15, -0.1) is 0 Å². The number of fused-ring (bicyclic) bond motifs is 1. The van der Waals surface area contributed by atoms with E-state index in [9.17, 15) is 0 Å². The van der Waals surface area contributed by atoms with E-state index in [1.165, 1.54) is 67.0 Å². The molecule has 0 N–H and O–H groups in total. The lowest BCUT2D eigenvalue weighted by atomic mass is 9.82. The molecule has 0 saturated carbocycles. The quantitative estimate of drug-likeness (QED) is 0.167.